The van der Waals surface area contributed by atoms with E-state index in [1.165, 1.54) is 14.2 Å². The number of rotatable bonds is 7. The Kier molecular flexibility index (Phi) is 7.02. The van der Waals surface area contributed by atoms with Gasteiger partial charge < -0.3 is 14.2 Å². The second-order valence-corrected chi connectivity index (χ2v) is 7.60. The van der Waals surface area contributed by atoms with Crippen LogP contribution >= 0.6 is 23.4 Å². The number of ether oxygens (including phenoxy) is 3. The first-order chi connectivity index (χ1) is 14.4. The van der Waals surface area contributed by atoms with Crippen LogP contribution in [0.3, 0.4) is 0 Å². The zero-order chi connectivity index (χ0) is 21.7. The minimum absolute atomic E-state index is 0.206. The molecule has 0 aromatic heterocycles. The molecule has 0 aliphatic carbocycles. The van der Waals surface area contributed by atoms with Gasteiger partial charge in [-0.15, -0.1) is 0 Å². The van der Waals surface area contributed by atoms with E-state index in [-0.39, 0.29) is 4.91 Å². The predicted molar refractivity (Wildman–Crippen MR) is 113 cm³/mol. The molecule has 7 nitrogen and oxygen atoms in total. The molecule has 2 amide bonds. The highest BCUT2D eigenvalue weighted by atomic mass is 35.5. The Bertz CT molecular complexity index is 1010. The number of halogens is 1. The van der Waals surface area contributed by atoms with Gasteiger partial charge in [0.15, 0.2) is 11.5 Å². The monoisotopic (exact) mass is 447 g/mol. The molecule has 0 radical (unpaired) electrons. The average Bonchev–Trinajstić information content (AvgIpc) is 3.00. The van der Waals surface area contributed by atoms with Crippen LogP contribution < -0.4 is 9.47 Å². The molecule has 2 aromatic carbocycles. The topological polar surface area (TPSA) is 82.1 Å². The highest BCUT2D eigenvalue weighted by molar-refractivity contribution is 8.18. The first-order valence-corrected chi connectivity index (χ1v) is 9.98. The second kappa shape index (κ2) is 9.69. The molecule has 1 heterocycles. The summed E-state index contributed by atoms with van der Waals surface area (Å²) in [4.78, 5) is 37.0. The van der Waals surface area contributed by atoms with Crippen molar-refractivity contribution in [3.05, 3.63) is 63.5 Å². The first kappa shape index (κ1) is 21.7. The third-order valence-corrected chi connectivity index (χ3v) is 5.34. The Labute approximate surface area is 182 Å². The zero-order valence-electron chi connectivity index (χ0n) is 16.2. The number of carbonyl (C=O) groups is 3. The predicted octanol–water partition coefficient (Wildman–Crippen LogP) is 4.14. The quantitative estimate of drug-likeness (QED) is 0.466. The lowest BCUT2D eigenvalue weighted by Crippen LogP contribution is -2.34. The summed E-state index contributed by atoms with van der Waals surface area (Å²) in [5.41, 5.74) is 1.57. The summed E-state index contributed by atoms with van der Waals surface area (Å²) < 4.78 is 15.7. The lowest BCUT2D eigenvalue weighted by molar-refractivity contribution is -0.143. The Morgan fingerprint density at radius 1 is 1.10 bits per heavy atom. The van der Waals surface area contributed by atoms with Crippen LogP contribution in [0, 0.1) is 0 Å². The minimum atomic E-state index is -0.666. The van der Waals surface area contributed by atoms with Crippen molar-refractivity contribution in [3.63, 3.8) is 0 Å². The molecular formula is C21H18ClNO6S. The highest BCUT2D eigenvalue weighted by Crippen LogP contribution is 2.34. The van der Waals surface area contributed by atoms with Crippen LogP contribution in [-0.2, 0) is 20.9 Å². The summed E-state index contributed by atoms with van der Waals surface area (Å²) in [6.07, 6.45) is 1.57. The molecule has 3 rings (SSSR count). The minimum Gasteiger partial charge on any atom is -0.493 e. The van der Waals surface area contributed by atoms with E-state index in [0.29, 0.717) is 28.7 Å². The maximum atomic E-state index is 12.5. The number of methoxy groups -OCH3 is 2. The van der Waals surface area contributed by atoms with Gasteiger partial charge in [-0.25, -0.2) is 0 Å². The molecule has 9 heteroatoms. The third kappa shape index (κ3) is 5.14. The number of hydrogen-bond acceptors (Lipinski definition) is 7. The van der Waals surface area contributed by atoms with E-state index in [0.717, 1.165) is 22.2 Å². The van der Waals surface area contributed by atoms with E-state index >= 15 is 0 Å². The van der Waals surface area contributed by atoms with Gasteiger partial charge in [-0.3, -0.25) is 19.3 Å². The lowest BCUT2D eigenvalue weighted by Gasteiger charge is -2.12. The fourth-order valence-electron chi connectivity index (χ4n) is 2.62. The van der Waals surface area contributed by atoms with Gasteiger partial charge in [-0.2, -0.15) is 0 Å². The SMILES string of the molecule is COC(=O)CN1C(=O)S/C(=C\c2ccc(OC)c(OCc3ccc(Cl)cc3)c2)C1=O. The van der Waals surface area contributed by atoms with Gasteiger partial charge in [0.1, 0.15) is 13.2 Å². The van der Waals surface area contributed by atoms with Crippen molar-refractivity contribution in [3.8, 4) is 11.5 Å². The number of thioether (sulfide) groups is 1. The van der Waals surface area contributed by atoms with Crippen LogP contribution in [0.2, 0.25) is 5.02 Å². The molecule has 0 bridgehead atoms. The van der Waals surface area contributed by atoms with Crippen molar-refractivity contribution in [1.82, 2.24) is 4.90 Å². The summed E-state index contributed by atoms with van der Waals surface area (Å²) in [5, 5.41) is 0.115. The van der Waals surface area contributed by atoms with Crippen molar-refractivity contribution in [2.45, 2.75) is 6.61 Å². The molecule has 2 aromatic rings. The van der Waals surface area contributed by atoms with E-state index in [1.807, 2.05) is 12.1 Å². The molecule has 0 N–H and O–H groups in total. The Balaban J connectivity index is 1.78. The molecular weight excluding hydrogens is 430 g/mol. The van der Waals surface area contributed by atoms with Crippen molar-refractivity contribution < 1.29 is 28.6 Å². The molecule has 0 saturated carbocycles. The van der Waals surface area contributed by atoms with E-state index < -0.39 is 23.7 Å². The molecule has 1 aliphatic rings. The van der Waals surface area contributed by atoms with Gasteiger partial charge in [-0.1, -0.05) is 29.8 Å². The number of hydrogen-bond donors (Lipinski definition) is 0. The van der Waals surface area contributed by atoms with Crippen LogP contribution in [0.1, 0.15) is 11.1 Å². The summed E-state index contributed by atoms with van der Waals surface area (Å²) >= 11 is 6.66. The molecule has 0 unspecified atom stereocenters. The maximum Gasteiger partial charge on any atom is 0.325 e. The average molecular weight is 448 g/mol. The fraction of sp³-hybridized carbons (Fsp3) is 0.190. The van der Waals surface area contributed by atoms with Gasteiger partial charge in [0, 0.05) is 5.02 Å². The summed E-state index contributed by atoms with van der Waals surface area (Å²) in [6, 6.07) is 12.4. The highest BCUT2D eigenvalue weighted by Gasteiger charge is 2.36. The van der Waals surface area contributed by atoms with E-state index in [9.17, 15) is 14.4 Å². The summed E-state index contributed by atoms with van der Waals surface area (Å²) in [5.74, 6) is -0.203. The van der Waals surface area contributed by atoms with Crippen LogP contribution in [0.25, 0.3) is 6.08 Å². The van der Waals surface area contributed by atoms with E-state index in [2.05, 4.69) is 4.74 Å². The molecule has 1 aliphatic heterocycles. The lowest BCUT2D eigenvalue weighted by atomic mass is 10.1. The van der Waals surface area contributed by atoms with E-state index in [1.54, 1.807) is 36.4 Å². The summed E-state index contributed by atoms with van der Waals surface area (Å²) in [6.45, 7) is -0.122. The maximum absolute atomic E-state index is 12.5. The van der Waals surface area contributed by atoms with Gasteiger partial charge in [0.05, 0.1) is 19.1 Å². The van der Waals surface area contributed by atoms with Gasteiger partial charge in [-0.05, 0) is 53.2 Å². The van der Waals surface area contributed by atoms with Gasteiger partial charge >= 0.3 is 5.97 Å². The number of benzene rings is 2. The molecule has 1 saturated heterocycles. The second-order valence-electron chi connectivity index (χ2n) is 6.17. The molecule has 0 spiro atoms. The van der Waals surface area contributed by atoms with Crippen molar-refractivity contribution >= 4 is 46.6 Å². The Morgan fingerprint density at radius 3 is 2.50 bits per heavy atom. The largest absolute Gasteiger partial charge is 0.493 e. The number of carbonyl (C=O) groups excluding carboxylic acids is 3. The molecule has 1 fully saturated rings. The number of amides is 2. The van der Waals surface area contributed by atoms with Crippen molar-refractivity contribution in [2.24, 2.45) is 0 Å². The molecule has 0 atom stereocenters. The van der Waals surface area contributed by atoms with Crippen LogP contribution in [0.15, 0.2) is 47.4 Å². The fourth-order valence-corrected chi connectivity index (χ4v) is 3.58. The number of imide groups is 1. The van der Waals surface area contributed by atoms with Gasteiger partial charge in [0.25, 0.3) is 11.1 Å². The number of esters is 1. The zero-order valence-corrected chi connectivity index (χ0v) is 17.8. The van der Waals surface area contributed by atoms with Crippen LogP contribution in [0.5, 0.6) is 11.5 Å². The van der Waals surface area contributed by atoms with Gasteiger partial charge in [0.2, 0.25) is 0 Å². The molecule has 156 valence electrons. The standard InChI is InChI=1S/C21H18ClNO6S/c1-27-16-8-5-14(9-17(16)29-12-13-3-6-15(22)7-4-13)10-18-20(25)23(21(26)30-18)11-19(24)28-2/h3-10H,11-12H2,1-2H3/b18-10-. The van der Waals surface area contributed by atoms with Crippen LogP contribution in [-0.4, -0.2) is 42.8 Å². The molecule has 30 heavy (non-hydrogen) atoms. The smallest absolute Gasteiger partial charge is 0.325 e. The van der Waals surface area contributed by atoms with Crippen molar-refractivity contribution in [1.29, 1.82) is 0 Å². The van der Waals surface area contributed by atoms with Crippen molar-refractivity contribution in [2.75, 3.05) is 20.8 Å². The third-order valence-electron chi connectivity index (χ3n) is 4.18. The number of nitrogens with zero attached hydrogens (tertiary/aromatic N) is 1. The normalized spacial score (nSPS) is 14.9. The summed E-state index contributed by atoms with van der Waals surface area (Å²) in [7, 11) is 2.72. The Hall–Kier alpha value is -2.97. The Morgan fingerprint density at radius 2 is 1.83 bits per heavy atom. The van der Waals surface area contributed by atoms with E-state index in [4.69, 9.17) is 21.1 Å². The van der Waals surface area contributed by atoms with Crippen LogP contribution in [0.4, 0.5) is 4.79 Å². The first-order valence-electron chi connectivity index (χ1n) is 8.78.